The summed E-state index contributed by atoms with van der Waals surface area (Å²) in [6.45, 7) is 4.10. The number of ether oxygens (including phenoxy) is 1. The number of nitrogens with zero attached hydrogens (tertiary/aromatic N) is 4. The van der Waals surface area contributed by atoms with Gasteiger partial charge in [0.2, 0.25) is 5.91 Å². The zero-order chi connectivity index (χ0) is 22.8. The number of benzene rings is 2. The van der Waals surface area contributed by atoms with Crippen molar-refractivity contribution in [1.29, 1.82) is 0 Å². The number of carbonyl (C=O) groups is 1. The molecule has 0 bridgehead atoms. The summed E-state index contributed by atoms with van der Waals surface area (Å²) in [5, 5.41) is 4.39. The van der Waals surface area contributed by atoms with Gasteiger partial charge in [-0.15, -0.1) is 11.3 Å². The van der Waals surface area contributed by atoms with Gasteiger partial charge in [-0.1, -0.05) is 18.2 Å². The van der Waals surface area contributed by atoms with E-state index >= 15 is 0 Å². The third kappa shape index (κ3) is 4.65. The molecule has 0 spiro atoms. The van der Waals surface area contributed by atoms with Crippen molar-refractivity contribution in [3.8, 4) is 17.0 Å². The van der Waals surface area contributed by atoms with Crippen LogP contribution in [0, 0.1) is 0 Å². The van der Waals surface area contributed by atoms with E-state index in [1.54, 1.807) is 18.4 Å². The van der Waals surface area contributed by atoms with E-state index in [1.165, 1.54) is 10.9 Å². The Bertz CT molecular complexity index is 1250. The highest BCUT2D eigenvalue weighted by Gasteiger charge is 2.23. The molecule has 0 N–H and O–H groups in total. The zero-order valence-corrected chi connectivity index (χ0v) is 19.8. The molecule has 0 atom stereocenters. The molecule has 0 aliphatic carbocycles. The maximum atomic E-state index is 13.0. The Labute approximate surface area is 198 Å². The minimum absolute atomic E-state index is 0.210. The predicted octanol–water partition coefficient (Wildman–Crippen LogP) is 4.20. The second kappa shape index (κ2) is 9.37. The lowest BCUT2D eigenvalue weighted by Gasteiger charge is -2.34. The second-order valence-electron chi connectivity index (χ2n) is 8.47. The minimum atomic E-state index is 0.210. The highest BCUT2D eigenvalue weighted by atomic mass is 32.1. The first-order valence-electron chi connectivity index (χ1n) is 11.2. The van der Waals surface area contributed by atoms with Crippen LogP contribution in [0.15, 0.2) is 60.1 Å². The first-order valence-corrected chi connectivity index (χ1v) is 12.1. The lowest BCUT2D eigenvalue weighted by Crippen LogP contribution is -2.48. The molecule has 0 saturated carbocycles. The zero-order valence-electron chi connectivity index (χ0n) is 19.0. The molecule has 0 radical (unpaired) electrons. The van der Waals surface area contributed by atoms with Crippen LogP contribution in [0.25, 0.3) is 22.2 Å². The van der Waals surface area contributed by atoms with E-state index in [1.807, 2.05) is 48.3 Å². The highest BCUT2D eigenvalue weighted by molar-refractivity contribution is 7.09. The molecular weight excluding hydrogens is 432 g/mol. The molecule has 33 heavy (non-hydrogen) atoms. The first-order chi connectivity index (χ1) is 16.1. The Morgan fingerprint density at radius 3 is 2.58 bits per heavy atom. The van der Waals surface area contributed by atoms with Gasteiger partial charge in [0, 0.05) is 61.3 Å². The van der Waals surface area contributed by atoms with Crippen molar-refractivity contribution in [3.63, 3.8) is 0 Å². The van der Waals surface area contributed by atoms with Crippen LogP contribution in [-0.4, -0.2) is 58.5 Å². The molecule has 1 amide bonds. The molecular formula is C26H28N4O2S. The van der Waals surface area contributed by atoms with Crippen molar-refractivity contribution in [2.75, 3.05) is 33.3 Å². The number of aryl methyl sites for hydroxylation is 1. The van der Waals surface area contributed by atoms with Crippen molar-refractivity contribution in [3.05, 3.63) is 70.7 Å². The first kappa shape index (κ1) is 21.7. The third-order valence-corrected chi connectivity index (χ3v) is 7.18. The molecule has 3 heterocycles. The number of para-hydroxylation sites is 1. The Balaban J connectivity index is 1.16. The molecule has 4 aromatic rings. The average molecular weight is 461 g/mol. The van der Waals surface area contributed by atoms with Crippen molar-refractivity contribution in [2.24, 2.45) is 7.05 Å². The van der Waals surface area contributed by atoms with Crippen molar-refractivity contribution in [2.45, 2.75) is 13.0 Å². The number of hydrogen-bond donors (Lipinski definition) is 0. The van der Waals surface area contributed by atoms with Gasteiger partial charge in [-0.2, -0.15) is 0 Å². The Morgan fingerprint density at radius 1 is 1.06 bits per heavy atom. The maximum Gasteiger partial charge on any atom is 0.227 e. The number of fused-ring (bicyclic) bond motifs is 1. The fraction of sp³-hybridized carbons (Fsp3) is 0.308. The molecule has 1 aliphatic rings. The molecule has 2 aromatic carbocycles. The van der Waals surface area contributed by atoms with E-state index < -0.39 is 0 Å². The van der Waals surface area contributed by atoms with Crippen molar-refractivity contribution in [1.82, 2.24) is 19.4 Å². The van der Waals surface area contributed by atoms with Gasteiger partial charge in [0.25, 0.3) is 0 Å². The summed E-state index contributed by atoms with van der Waals surface area (Å²) in [5.41, 5.74) is 4.38. The summed E-state index contributed by atoms with van der Waals surface area (Å²) < 4.78 is 7.34. The Kier molecular flexibility index (Phi) is 6.15. The summed E-state index contributed by atoms with van der Waals surface area (Å²) in [7, 11) is 3.71. The summed E-state index contributed by atoms with van der Waals surface area (Å²) in [6, 6.07) is 16.3. The van der Waals surface area contributed by atoms with Crippen LogP contribution < -0.4 is 4.74 Å². The van der Waals surface area contributed by atoms with Crippen LogP contribution in [0.3, 0.4) is 0 Å². The normalized spacial score (nSPS) is 14.7. The molecule has 2 aromatic heterocycles. The number of aromatic nitrogens is 2. The fourth-order valence-corrected chi connectivity index (χ4v) is 5.31. The molecule has 1 saturated heterocycles. The smallest absolute Gasteiger partial charge is 0.227 e. The van der Waals surface area contributed by atoms with Gasteiger partial charge in [0.05, 0.1) is 25.8 Å². The molecule has 6 nitrogen and oxygen atoms in total. The number of amides is 1. The summed E-state index contributed by atoms with van der Waals surface area (Å²) in [4.78, 5) is 22.2. The van der Waals surface area contributed by atoms with E-state index in [9.17, 15) is 4.79 Å². The van der Waals surface area contributed by atoms with E-state index in [2.05, 4.69) is 33.2 Å². The monoisotopic (exact) mass is 460 g/mol. The van der Waals surface area contributed by atoms with Gasteiger partial charge in [-0.3, -0.25) is 9.69 Å². The van der Waals surface area contributed by atoms with Gasteiger partial charge in [0.1, 0.15) is 10.8 Å². The largest absolute Gasteiger partial charge is 0.497 e. The number of methoxy groups -OCH3 is 1. The average Bonchev–Trinajstić information content (AvgIpc) is 3.44. The second-order valence-corrected chi connectivity index (χ2v) is 9.41. The molecule has 1 fully saturated rings. The quantitative estimate of drug-likeness (QED) is 0.433. The van der Waals surface area contributed by atoms with E-state index in [0.29, 0.717) is 6.42 Å². The van der Waals surface area contributed by atoms with Crippen molar-refractivity contribution < 1.29 is 9.53 Å². The number of hydrogen-bond acceptors (Lipinski definition) is 5. The van der Waals surface area contributed by atoms with Crippen LogP contribution in [0.2, 0.25) is 0 Å². The number of thiazole rings is 1. The Hall–Kier alpha value is -3.16. The standard InChI is InChI=1S/C26H28N4O2S/c1-28-16-20(22-5-3-4-6-24(22)28)15-26(31)30-13-11-29(12-14-30)17-25-27-23(18-33-25)19-7-9-21(32-2)10-8-19/h3-10,16,18H,11-15,17H2,1-2H3. The number of piperazine rings is 1. The summed E-state index contributed by atoms with van der Waals surface area (Å²) in [6.07, 6.45) is 2.54. The highest BCUT2D eigenvalue weighted by Crippen LogP contribution is 2.25. The predicted molar refractivity (Wildman–Crippen MR) is 133 cm³/mol. The van der Waals surface area contributed by atoms with Gasteiger partial charge >= 0.3 is 0 Å². The third-order valence-electron chi connectivity index (χ3n) is 6.34. The van der Waals surface area contributed by atoms with E-state index in [4.69, 9.17) is 9.72 Å². The van der Waals surface area contributed by atoms with Crippen LogP contribution in [0.4, 0.5) is 0 Å². The van der Waals surface area contributed by atoms with E-state index in [0.717, 1.165) is 60.3 Å². The molecule has 0 unspecified atom stereocenters. The fourth-order valence-electron chi connectivity index (χ4n) is 4.47. The van der Waals surface area contributed by atoms with Crippen LogP contribution in [0.1, 0.15) is 10.6 Å². The molecule has 7 heteroatoms. The molecule has 170 valence electrons. The summed E-state index contributed by atoms with van der Waals surface area (Å²) >= 11 is 1.69. The maximum absolute atomic E-state index is 13.0. The van der Waals surface area contributed by atoms with E-state index in [-0.39, 0.29) is 5.91 Å². The van der Waals surface area contributed by atoms with Crippen LogP contribution in [-0.2, 0) is 24.8 Å². The topological polar surface area (TPSA) is 50.6 Å². The lowest BCUT2D eigenvalue weighted by atomic mass is 10.1. The van der Waals surface area contributed by atoms with Crippen molar-refractivity contribution >= 4 is 28.1 Å². The lowest BCUT2D eigenvalue weighted by molar-refractivity contribution is -0.132. The SMILES string of the molecule is COc1ccc(-c2csc(CN3CCN(C(=O)Cc4cn(C)c5ccccc45)CC3)n2)cc1. The van der Waals surface area contributed by atoms with Crippen LogP contribution in [0.5, 0.6) is 5.75 Å². The van der Waals surface area contributed by atoms with Gasteiger partial charge in [-0.25, -0.2) is 4.98 Å². The number of rotatable bonds is 6. The molecule has 1 aliphatic heterocycles. The Morgan fingerprint density at radius 2 is 1.82 bits per heavy atom. The number of carbonyl (C=O) groups excluding carboxylic acids is 1. The van der Waals surface area contributed by atoms with Crippen LogP contribution >= 0.6 is 11.3 Å². The van der Waals surface area contributed by atoms with Gasteiger partial charge in [-0.05, 0) is 35.9 Å². The summed E-state index contributed by atoms with van der Waals surface area (Å²) in [5.74, 6) is 1.06. The van der Waals surface area contributed by atoms with Gasteiger partial charge < -0.3 is 14.2 Å². The van der Waals surface area contributed by atoms with Gasteiger partial charge in [0.15, 0.2) is 0 Å². The minimum Gasteiger partial charge on any atom is -0.497 e. The molecule has 5 rings (SSSR count).